The fraction of sp³-hybridized carbons (Fsp3) is 0.0667. The second-order valence-corrected chi connectivity index (χ2v) is 4.81. The lowest BCUT2D eigenvalue weighted by Gasteiger charge is -2.05. The van der Waals surface area contributed by atoms with Crippen molar-refractivity contribution in [3.05, 3.63) is 69.9 Å². The fourth-order valence-corrected chi connectivity index (χ4v) is 2.27. The molecule has 0 spiro atoms. The molecule has 110 valence electrons. The third-order valence-corrected chi connectivity index (χ3v) is 3.35. The SMILES string of the molecule is O=C(O)c1cccc(Cn2ncc3ccc([N+](=O)[O-])cc32)c1. The van der Waals surface area contributed by atoms with Crippen LogP contribution in [0.2, 0.25) is 0 Å². The largest absolute Gasteiger partial charge is 0.478 e. The third-order valence-electron chi connectivity index (χ3n) is 3.35. The Kier molecular flexibility index (Phi) is 3.30. The van der Waals surface area contributed by atoms with E-state index in [1.165, 1.54) is 18.2 Å². The third kappa shape index (κ3) is 2.51. The van der Waals surface area contributed by atoms with Crippen molar-refractivity contribution in [2.75, 3.05) is 0 Å². The van der Waals surface area contributed by atoms with E-state index in [0.717, 1.165) is 10.9 Å². The molecule has 0 saturated heterocycles. The minimum Gasteiger partial charge on any atom is -0.478 e. The lowest BCUT2D eigenvalue weighted by molar-refractivity contribution is -0.384. The van der Waals surface area contributed by atoms with E-state index in [1.807, 2.05) is 0 Å². The molecule has 3 aromatic rings. The summed E-state index contributed by atoms with van der Waals surface area (Å²) in [5.74, 6) is -0.997. The van der Waals surface area contributed by atoms with Crippen LogP contribution < -0.4 is 0 Å². The van der Waals surface area contributed by atoms with Gasteiger partial charge >= 0.3 is 5.97 Å². The molecule has 1 heterocycles. The molecule has 0 aliphatic carbocycles. The molecule has 7 nitrogen and oxygen atoms in total. The predicted octanol–water partition coefficient (Wildman–Crippen LogP) is 2.69. The number of carboxylic acids is 1. The topological polar surface area (TPSA) is 98.3 Å². The number of benzene rings is 2. The van der Waals surface area contributed by atoms with E-state index in [1.54, 1.807) is 35.1 Å². The maximum absolute atomic E-state index is 11.0. The highest BCUT2D eigenvalue weighted by Gasteiger charge is 2.11. The summed E-state index contributed by atoms with van der Waals surface area (Å²) in [5, 5.41) is 24.9. The van der Waals surface area contributed by atoms with Gasteiger partial charge in [0.25, 0.3) is 5.69 Å². The van der Waals surface area contributed by atoms with Crippen LogP contribution in [0, 0.1) is 10.1 Å². The summed E-state index contributed by atoms with van der Waals surface area (Å²) < 4.78 is 1.61. The summed E-state index contributed by atoms with van der Waals surface area (Å²) in [7, 11) is 0. The molecule has 0 saturated carbocycles. The van der Waals surface area contributed by atoms with Crippen molar-refractivity contribution in [3.63, 3.8) is 0 Å². The molecule has 0 aliphatic heterocycles. The first-order chi connectivity index (χ1) is 10.5. The molecule has 0 bridgehead atoms. The molecule has 0 radical (unpaired) electrons. The summed E-state index contributed by atoms with van der Waals surface area (Å²) in [6.45, 7) is 0.339. The van der Waals surface area contributed by atoms with Crippen LogP contribution in [0.3, 0.4) is 0 Å². The van der Waals surface area contributed by atoms with Gasteiger partial charge in [-0.15, -0.1) is 0 Å². The van der Waals surface area contributed by atoms with Gasteiger partial charge in [0.05, 0.1) is 28.7 Å². The van der Waals surface area contributed by atoms with Crippen LogP contribution in [-0.2, 0) is 6.54 Å². The monoisotopic (exact) mass is 297 g/mol. The van der Waals surface area contributed by atoms with Crippen molar-refractivity contribution >= 4 is 22.6 Å². The van der Waals surface area contributed by atoms with Gasteiger partial charge in [-0.25, -0.2) is 4.79 Å². The molecule has 1 aromatic heterocycles. The van der Waals surface area contributed by atoms with E-state index in [9.17, 15) is 14.9 Å². The number of aromatic nitrogens is 2. The van der Waals surface area contributed by atoms with Crippen molar-refractivity contribution in [3.8, 4) is 0 Å². The molecule has 0 aliphatic rings. The highest BCUT2D eigenvalue weighted by Crippen LogP contribution is 2.21. The number of hydrogen-bond donors (Lipinski definition) is 1. The molecule has 3 rings (SSSR count). The molecular weight excluding hydrogens is 286 g/mol. The van der Waals surface area contributed by atoms with Gasteiger partial charge in [0.2, 0.25) is 0 Å². The summed E-state index contributed by atoms with van der Waals surface area (Å²) in [6.07, 6.45) is 1.63. The number of rotatable bonds is 4. The maximum Gasteiger partial charge on any atom is 0.335 e. The number of fused-ring (bicyclic) bond motifs is 1. The van der Waals surface area contributed by atoms with Crippen LogP contribution in [0.4, 0.5) is 5.69 Å². The van der Waals surface area contributed by atoms with Crippen molar-refractivity contribution in [2.45, 2.75) is 6.54 Å². The first-order valence-electron chi connectivity index (χ1n) is 6.47. The van der Waals surface area contributed by atoms with Gasteiger partial charge in [-0.05, 0) is 23.8 Å². The Morgan fingerprint density at radius 2 is 2.09 bits per heavy atom. The van der Waals surface area contributed by atoms with E-state index < -0.39 is 10.9 Å². The Morgan fingerprint density at radius 3 is 2.82 bits per heavy atom. The Hall–Kier alpha value is -3.22. The Bertz CT molecular complexity index is 885. The van der Waals surface area contributed by atoms with E-state index in [2.05, 4.69) is 5.10 Å². The van der Waals surface area contributed by atoms with Gasteiger partial charge < -0.3 is 5.11 Å². The molecular formula is C15H11N3O4. The van der Waals surface area contributed by atoms with Gasteiger partial charge in [0, 0.05) is 17.5 Å². The second-order valence-electron chi connectivity index (χ2n) is 4.81. The van der Waals surface area contributed by atoms with Crippen LogP contribution in [0.1, 0.15) is 15.9 Å². The number of non-ortho nitro benzene ring substituents is 1. The van der Waals surface area contributed by atoms with Crippen LogP contribution in [-0.4, -0.2) is 25.8 Å². The normalized spacial score (nSPS) is 10.7. The minimum absolute atomic E-state index is 0.00598. The first kappa shape index (κ1) is 13.7. The average Bonchev–Trinajstić information content (AvgIpc) is 2.90. The van der Waals surface area contributed by atoms with Crippen LogP contribution in [0.25, 0.3) is 10.9 Å². The zero-order valence-corrected chi connectivity index (χ0v) is 11.3. The minimum atomic E-state index is -0.997. The zero-order valence-electron chi connectivity index (χ0n) is 11.3. The lowest BCUT2D eigenvalue weighted by Crippen LogP contribution is -2.03. The number of nitrogens with zero attached hydrogens (tertiary/aromatic N) is 3. The Labute approximate surface area is 124 Å². The lowest BCUT2D eigenvalue weighted by atomic mass is 10.1. The summed E-state index contributed by atoms with van der Waals surface area (Å²) in [4.78, 5) is 21.4. The van der Waals surface area contributed by atoms with Crippen molar-refractivity contribution in [2.24, 2.45) is 0 Å². The molecule has 0 unspecified atom stereocenters. The number of aromatic carboxylic acids is 1. The van der Waals surface area contributed by atoms with Gasteiger partial charge in [0.15, 0.2) is 0 Å². The average molecular weight is 297 g/mol. The Morgan fingerprint density at radius 1 is 1.27 bits per heavy atom. The van der Waals surface area contributed by atoms with Crippen molar-refractivity contribution in [1.82, 2.24) is 9.78 Å². The van der Waals surface area contributed by atoms with Gasteiger partial charge in [0.1, 0.15) is 0 Å². The Balaban J connectivity index is 2.00. The number of nitro benzene ring substituents is 1. The van der Waals surface area contributed by atoms with Crippen LogP contribution in [0.5, 0.6) is 0 Å². The van der Waals surface area contributed by atoms with Gasteiger partial charge in [-0.3, -0.25) is 14.8 Å². The van der Waals surface area contributed by atoms with E-state index in [0.29, 0.717) is 12.1 Å². The van der Waals surface area contributed by atoms with E-state index in [-0.39, 0.29) is 11.3 Å². The standard InChI is InChI=1S/C15H11N3O4/c19-15(20)11-3-1-2-10(6-11)9-17-14-7-13(18(21)22)5-4-12(14)8-16-17/h1-8H,9H2,(H,19,20). The highest BCUT2D eigenvalue weighted by molar-refractivity contribution is 5.87. The second kappa shape index (κ2) is 5.28. The van der Waals surface area contributed by atoms with E-state index >= 15 is 0 Å². The molecule has 2 aromatic carbocycles. The van der Waals surface area contributed by atoms with Gasteiger partial charge in [-0.1, -0.05) is 12.1 Å². The molecule has 7 heteroatoms. The maximum atomic E-state index is 11.0. The summed E-state index contributed by atoms with van der Waals surface area (Å²) in [6, 6.07) is 11.1. The molecule has 0 fully saturated rings. The summed E-state index contributed by atoms with van der Waals surface area (Å²) >= 11 is 0. The molecule has 22 heavy (non-hydrogen) atoms. The molecule has 0 amide bonds. The van der Waals surface area contributed by atoms with Crippen LogP contribution in [0.15, 0.2) is 48.7 Å². The summed E-state index contributed by atoms with van der Waals surface area (Å²) in [5.41, 5.74) is 1.58. The predicted molar refractivity (Wildman–Crippen MR) is 78.9 cm³/mol. The smallest absolute Gasteiger partial charge is 0.335 e. The van der Waals surface area contributed by atoms with Gasteiger partial charge in [-0.2, -0.15) is 5.10 Å². The number of hydrogen-bond acceptors (Lipinski definition) is 4. The first-order valence-corrected chi connectivity index (χ1v) is 6.47. The van der Waals surface area contributed by atoms with Crippen molar-refractivity contribution in [1.29, 1.82) is 0 Å². The van der Waals surface area contributed by atoms with Crippen LogP contribution >= 0.6 is 0 Å². The highest BCUT2D eigenvalue weighted by atomic mass is 16.6. The quantitative estimate of drug-likeness (QED) is 0.589. The number of carboxylic acid groups (broad SMARTS) is 1. The fourth-order valence-electron chi connectivity index (χ4n) is 2.27. The van der Waals surface area contributed by atoms with E-state index in [4.69, 9.17) is 5.11 Å². The number of carbonyl (C=O) groups is 1. The van der Waals surface area contributed by atoms with Crippen molar-refractivity contribution < 1.29 is 14.8 Å². The zero-order chi connectivity index (χ0) is 15.7. The number of nitro groups is 1. The molecule has 0 atom stereocenters. The molecule has 1 N–H and O–H groups in total.